The van der Waals surface area contributed by atoms with Crippen LogP contribution in [0.1, 0.15) is 22.7 Å². The molecule has 0 amide bonds. The maximum Gasteiger partial charge on any atom is 0.270 e. The molecular formula is C18H20N2O4. The van der Waals surface area contributed by atoms with Crippen molar-refractivity contribution in [3.63, 3.8) is 0 Å². The van der Waals surface area contributed by atoms with Crippen molar-refractivity contribution in [3.05, 3.63) is 69.3 Å². The highest BCUT2D eigenvalue weighted by atomic mass is 16.6. The van der Waals surface area contributed by atoms with Gasteiger partial charge in [0.25, 0.3) is 5.69 Å². The molecule has 0 aromatic heterocycles. The van der Waals surface area contributed by atoms with Crippen molar-refractivity contribution in [2.75, 3.05) is 20.3 Å². The zero-order chi connectivity index (χ0) is 17.1. The summed E-state index contributed by atoms with van der Waals surface area (Å²) in [4.78, 5) is 12.8. The number of nitro groups is 1. The molecule has 1 heterocycles. The molecule has 2 aromatic rings. The maximum atomic E-state index is 11.0. The van der Waals surface area contributed by atoms with Gasteiger partial charge in [0, 0.05) is 30.8 Å². The fraction of sp³-hybridized carbons (Fsp3) is 0.333. The largest absolute Gasteiger partial charge is 0.496 e. The Morgan fingerprint density at radius 2 is 2.12 bits per heavy atom. The van der Waals surface area contributed by atoms with Crippen LogP contribution in [0.15, 0.2) is 42.5 Å². The highest BCUT2D eigenvalue weighted by molar-refractivity contribution is 5.44. The summed E-state index contributed by atoms with van der Waals surface area (Å²) in [5, 5.41) is 20.9. The first kappa shape index (κ1) is 16.4. The van der Waals surface area contributed by atoms with E-state index in [4.69, 9.17) is 4.74 Å². The van der Waals surface area contributed by atoms with Gasteiger partial charge in [-0.05, 0) is 23.6 Å². The van der Waals surface area contributed by atoms with Gasteiger partial charge in [-0.1, -0.05) is 24.3 Å². The van der Waals surface area contributed by atoms with Crippen molar-refractivity contribution in [3.8, 4) is 5.75 Å². The molecule has 2 aromatic carbocycles. The Balaban J connectivity index is 1.91. The smallest absolute Gasteiger partial charge is 0.270 e. The average molecular weight is 328 g/mol. The van der Waals surface area contributed by atoms with Crippen LogP contribution in [0.5, 0.6) is 5.75 Å². The summed E-state index contributed by atoms with van der Waals surface area (Å²) in [6.45, 7) is 1.28. The van der Waals surface area contributed by atoms with Crippen molar-refractivity contribution in [2.45, 2.75) is 19.0 Å². The van der Waals surface area contributed by atoms with Crippen LogP contribution in [0, 0.1) is 10.1 Å². The maximum absolute atomic E-state index is 11.0. The highest BCUT2D eigenvalue weighted by Crippen LogP contribution is 2.33. The molecule has 0 fully saturated rings. The second-order valence-corrected chi connectivity index (χ2v) is 5.87. The van der Waals surface area contributed by atoms with Crippen LogP contribution in [0.25, 0.3) is 0 Å². The Morgan fingerprint density at radius 3 is 2.83 bits per heavy atom. The van der Waals surface area contributed by atoms with Gasteiger partial charge in [0.05, 0.1) is 24.7 Å². The second kappa shape index (κ2) is 6.98. The summed E-state index contributed by atoms with van der Waals surface area (Å²) in [6, 6.07) is 12.6. The standard InChI is InChI=1S/C18H20N2O4/c1-24-18-7-6-15(20(22)23)10-14(18)11-19-9-8-13-4-2-3-5-16(13)17(19)12-21/h2-7,10,17,21H,8-9,11-12H2,1H3. The van der Waals surface area contributed by atoms with E-state index in [-0.39, 0.29) is 18.3 Å². The number of nitrogens with zero attached hydrogens (tertiary/aromatic N) is 2. The number of non-ortho nitro benzene ring substituents is 1. The number of fused-ring (bicyclic) bond motifs is 1. The van der Waals surface area contributed by atoms with Gasteiger partial charge in [0.1, 0.15) is 5.75 Å². The van der Waals surface area contributed by atoms with Crippen molar-refractivity contribution in [1.29, 1.82) is 0 Å². The summed E-state index contributed by atoms with van der Waals surface area (Å²) < 4.78 is 5.35. The van der Waals surface area contributed by atoms with E-state index in [2.05, 4.69) is 11.0 Å². The number of methoxy groups -OCH3 is 1. The van der Waals surface area contributed by atoms with E-state index in [1.54, 1.807) is 19.2 Å². The zero-order valence-electron chi connectivity index (χ0n) is 13.5. The minimum Gasteiger partial charge on any atom is -0.496 e. The van der Waals surface area contributed by atoms with Gasteiger partial charge in [0.15, 0.2) is 0 Å². The van der Waals surface area contributed by atoms with E-state index >= 15 is 0 Å². The number of hydrogen-bond acceptors (Lipinski definition) is 5. The molecule has 126 valence electrons. The molecule has 6 heteroatoms. The third kappa shape index (κ3) is 3.11. The van der Waals surface area contributed by atoms with Gasteiger partial charge in [-0.2, -0.15) is 0 Å². The topological polar surface area (TPSA) is 75.8 Å². The highest BCUT2D eigenvalue weighted by Gasteiger charge is 2.27. The van der Waals surface area contributed by atoms with Crippen LogP contribution in [-0.4, -0.2) is 35.2 Å². The van der Waals surface area contributed by atoms with E-state index in [0.717, 1.165) is 24.1 Å². The number of nitro benzene ring substituents is 1. The van der Waals surface area contributed by atoms with Crippen LogP contribution in [0.3, 0.4) is 0 Å². The lowest BCUT2D eigenvalue weighted by Crippen LogP contribution is -2.37. The lowest BCUT2D eigenvalue weighted by atomic mass is 9.92. The predicted octanol–water partition coefficient (Wildman–Crippen LogP) is 2.70. The number of rotatable bonds is 5. The lowest BCUT2D eigenvalue weighted by Gasteiger charge is -2.36. The molecule has 1 N–H and O–H groups in total. The van der Waals surface area contributed by atoms with Gasteiger partial charge in [-0.15, -0.1) is 0 Å². The molecule has 0 saturated carbocycles. The second-order valence-electron chi connectivity index (χ2n) is 5.87. The summed E-state index contributed by atoms with van der Waals surface area (Å²) in [5.74, 6) is 0.621. The fourth-order valence-corrected chi connectivity index (χ4v) is 3.33. The van der Waals surface area contributed by atoms with E-state index in [0.29, 0.717) is 12.3 Å². The molecule has 1 unspecified atom stereocenters. The first-order valence-electron chi connectivity index (χ1n) is 7.88. The van der Waals surface area contributed by atoms with Gasteiger partial charge in [-0.25, -0.2) is 0 Å². The number of aliphatic hydroxyl groups is 1. The number of benzene rings is 2. The molecular weight excluding hydrogens is 308 g/mol. The number of aliphatic hydroxyl groups excluding tert-OH is 1. The predicted molar refractivity (Wildman–Crippen MR) is 90.0 cm³/mol. The summed E-state index contributed by atoms with van der Waals surface area (Å²) in [7, 11) is 1.56. The Hall–Kier alpha value is -2.44. The molecule has 1 aliphatic rings. The van der Waals surface area contributed by atoms with Crippen LogP contribution in [0.4, 0.5) is 5.69 Å². The van der Waals surface area contributed by atoms with Gasteiger partial charge < -0.3 is 9.84 Å². The molecule has 3 rings (SSSR count). The molecule has 0 bridgehead atoms. The normalized spacial score (nSPS) is 17.3. The third-order valence-corrected chi connectivity index (χ3v) is 4.54. The van der Waals surface area contributed by atoms with Gasteiger partial charge in [0.2, 0.25) is 0 Å². The van der Waals surface area contributed by atoms with Gasteiger partial charge >= 0.3 is 0 Å². The minimum atomic E-state index is -0.405. The monoisotopic (exact) mass is 328 g/mol. The Labute approximate surface area is 140 Å². The van der Waals surface area contributed by atoms with E-state index in [9.17, 15) is 15.2 Å². The molecule has 6 nitrogen and oxygen atoms in total. The van der Waals surface area contributed by atoms with Gasteiger partial charge in [-0.3, -0.25) is 15.0 Å². The first-order chi connectivity index (χ1) is 11.6. The van der Waals surface area contributed by atoms with Crippen LogP contribution < -0.4 is 4.74 Å². The van der Waals surface area contributed by atoms with E-state index < -0.39 is 4.92 Å². The third-order valence-electron chi connectivity index (χ3n) is 4.54. The number of hydrogen-bond donors (Lipinski definition) is 1. The lowest BCUT2D eigenvalue weighted by molar-refractivity contribution is -0.385. The number of ether oxygens (including phenoxy) is 1. The van der Waals surface area contributed by atoms with Crippen molar-refractivity contribution < 1.29 is 14.8 Å². The summed E-state index contributed by atoms with van der Waals surface area (Å²) >= 11 is 0. The van der Waals surface area contributed by atoms with E-state index in [1.807, 2.05) is 18.2 Å². The molecule has 0 aliphatic carbocycles. The molecule has 1 aliphatic heterocycles. The Bertz CT molecular complexity index is 748. The fourth-order valence-electron chi connectivity index (χ4n) is 3.33. The molecule has 0 saturated heterocycles. The summed E-state index contributed by atoms with van der Waals surface area (Å²) in [6.07, 6.45) is 0.893. The Morgan fingerprint density at radius 1 is 1.33 bits per heavy atom. The van der Waals surface area contributed by atoms with Crippen molar-refractivity contribution in [1.82, 2.24) is 4.90 Å². The Kier molecular flexibility index (Phi) is 4.78. The summed E-state index contributed by atoms with van der Waals surface area (Å²) in [5.41, 5.74) is 3.17. The average Bonchev–Trinajstić information content (AvgIpc) is 2.61. The molecule has 1 atom stereocenters. The first-order valence-corrected chi connectivity index (χ1v) is 7.88. The van der Waals surface area contributed by atoms with Crippen molar-refractivity contribution >= 4 is 5.69 Å². The van der Waals surface area contributed by atoms with Crippen LogP contribution >= 0.6 is 0 Å². The zero-order valence-corrected chi connectivity index (χ0v) is 13.5. The minimum absolute atomic E-state index is 0.00819. The molecule has 24 heavy (non-hydrogen) atoms. The van der Waals surface area contributed by atoms with Crippen LogP contribution in [-0.2, 0) is 13.0 Å². The SMILES string of the molecule is COc1ccc([N+](=O)[O-])cc1CN1CCc2ccccc2C1CO. The quantitative estimate of drug-likeness (QED) is 0.674. The molecule has 0 radical (unpaired) electrons. The van der Waals surface area contributed by atoms with Crippen molar-refractivity contribution in [2.24, 2.45) is 0 Å². The van der Waals surface area contributed by atoms with E-state index in [1.165, 1.54) is 11.6 Å². The van der Waals surface area contributed by atoms with Crippen LogP contribution in [0.2, 0.25) is 0 Å². The molecule has 0 spiro atoms.